The van der Waals surface area contributed by atoms with E-state index in [2.05, 4.69) is 5.32 Å². The minimum Gasteiger partial charge on any atom is -0.497 e. The van der Waals surface area contributed by atoms with Gasteiger partial charge in [0.15, 0.2) is 5.78 Å². The van der Waals surface area contributed by atoms with E-state index in [1.807, 2.05) is 36.4 Å². The summed E-state index contributed by atoms with van der Waals surface area (Å²) in [5.41, 5.74) is 3.56. The van der Waals surface area contributed by atoms with E-state index in [9.17, 15) is 14.4 Å². The first-order valence-electron chi connectivity index (χ1n) is 12.7. The topological polar surface area (TPSA) is 100 Å². The molecule has 38 heavy (non-hydrogen) atoms. The summed E-state index contributed by atoms with van der Waals surface area (Å²) in [5.74, 6) is -2.36. The third-order valence-corrected chi connectivity index (χ3v) is 7.05. The molecule has 0 spiro atoms. The Hall–Kier alpha value is -4.07. The van der Waals surface area contributed by atoms with E-state index in [0.29, 0.717) is 40.5 Å². The van der Waals surface area contributed by atoms with Gasteiger partial charge in [-0.25, -0.2) is 4.79 Å². The van der Waals surface area contributed by atoms with Gasteiger partial charge in [0.2, 0.25) is 0 Å². The molecule has 200 valence electrons. The lowest BCUT2D eigenvalue weighted by Crippen LogP contribution is -2.43. The van der Waals surface area contributed by atoms with Gasteiger partial charge in [0, 0.05) is 28.8 Å². The predicted molar refractivity (Wildman–Crippen MR) is 141 cm³/mol. The minimum absolute atomic E-state index is 0.150. The molecule has 0 saturated heterocycles. The highest BCUT2D eigenvalue weighted by Gasteiger charge is 2.49. The van der Waals surface area contributed by atoms with Crippen LogP contribution in [0.15, 0.2) is 71.1 Å². The average Bonchev–Trinajstić information content (AvgIpc) is 2.92. The van der Waals surface area contributed by atoms with Crippen LogP contribution in [0, 0.1) is 5.92 Å². The second-order valence-electron chi connectivity index (χ2n) is 9.16. The molecule has 0 fully saturated rings. The minimum atomic E-state index is -1.06. The van der Waals surface area contributed by atoms with E-state index in [-0.39, 0.29) is 19.0 Å². The molecule has 8 nitrogen and oxygen atoms in total. The van der Waals surface area contributed by atoms with Crippen molar-refractivity contribution in [3.8, 4) is 11.5 Å². The molecule has 0 aromatic heterocycles. The third-order valence-electron chi connectivity index (χ3n) is 7.05. The van der Waals surface area contributed by atoms with Gasteiger partial charge in [0.25, 0.3) is 0 Å². The summed E-state index contributed by atoms with van der Waals surface area (Å²) < 4.78 is 21.4. The van der Waals surface area contributed by atoms with E-state index in [1.54, 1.807) is 47.1 Å². The number of hydrogen-bond donors (Lipinski definition) is 1. The average molecular weight is 520 g/mol. The molecule has 3 atom stereocenters. The van der Waals surface area contributed by atoms with Crippen molar-refractivity contribution in [2.24, 2.45) is 5.92 Å². The van der Waals surface area contributed by atoms with Crippen LogP contribution in [-0.4, -0.2) is 45.2 Å². The number of ether oxygens (including phenoxy) is 4. The van der Waals surface area contributed by atoms with Gasteiger partial charge in [-0.3, -0.25) is 9.59 Å². The van der Waals surface area contributed by atoms with Gasteiger partial charge in [-0.15, -0.1) is 0 Å². The summed E-state index contributed by atoms with van der Waals surface area (Å²) in [6.07, 6.45) is 0.386. The van der Waals surface area contributed by atoms with Crippen LogP contribution >= 0.6 is 0 Å². The van der Waals surface area contributed by atoms with Crippen LogP contribution in [0.25, 0.3) is 0 Å². The summed E-state index contributed by atoms with van der Waals surface area (Å²) >= 11 is 0. The Labute approximate surface area is 222 Å². The number of allylic oxidation sites excluding steroid dienone is 3. The first-order valence-corrected chi connectivity index (χ1v) is 12.7. The van der Waals surface area contributed by atoms with Crippen LogP contribution in [0.1, 0.15) is 50.2 Å². The SMILES string of the molecule is CCOC(=O)C1=C(C)NC2=C(C(=O)[C@H](C(=O)OCC)[C@H](c3ccc(OC)cc3)C2)[C@@H]1c1ccc(OC)cc1. The van der Waals surface area contributed by atoms with Crippen molar-refractivity contribution < 1.29 is 33.3 Å². The number of esters is 2. The number of methoxy groups -OCH3 is 2. The van der Waals surface area contributed by atoms with E-state index in [4.69, 9.17) is 18.9 Å². The molecule has 2 aliphatic rings. The molecule has 1 heterocycles. The highest BCUT2D eigenvalue weighted by Crippen LogP contribution is 2.48. The quantitative estimate of drug-likeness (QED) is 0.404. The zero-order valence-corrected chi connectivity index (χ0v) is 22.3. The monoisotopic (exact) mass is 519 g/mol. The number of dihydropyridines is 1. The van der Waals surface area contributed by atoms with Crippen molar-refractivity contribution in [3.63, 3.8) is 0 Å². The number of carbonyl (C=O) groups excluding carboxylic acids is 3. The van der Waals surface area contributed by atoms with Crippen LogP contribution in [0.5, 0.6) is 11.5 Å². The number of Topliss-reactive ketones (excluding diaryl/α,β-unsaturated/α-hetero) is 1. The molecule has 0 unspecified atom stereocenters. The fourth-order valence-electron chi connectivity index (χ4n) is 5.31. The van der Waals surface area contributed by atoms with Gasteiger partial charge < -0.3 is 24.3 Å². The van der Waals surface area contributed by atoms with Crippen LogP contribution in [-0.2, 0) is 23.9 Å². The van der Waals surface area contributed by atoms with Gasteiger partial charge in [-0.1, -0.05) is 24.3 Å². The maximum atomic E-state index is 14.3. The zero-order chi connectivity index (χ0) is 27.4. The summed E-state index contributed by atoms with van der Waals surface area (Å²) in [5, 5.41) is 3.31. The molecule has 0 bridgehead atoms. The molecule has 0 radical (unpaired) electrons. The van der Waals surface area contributed by atoms with Crippen LogP contribution in [0.4, 0.5) is 0 Å². The van der Waals surface area contributed by atoms with Crippen LogP contribution < -0.4 is 14.8 Å². The van der Waals surface area contributed by atoms with Gasteiger partial charge in [-0.05, 0) is 62.6 Å². The smallest absolute Gasteiger partial charge is 0.336 e. The lowest BCUT2D eigenvalue weighted by Gasteiger charge is -2.39. The standard InChI is InChI=1S/C30H33NO7/c1-6-37-29(33)24-17(3)31-23-16-22(18-8-12-20(35-4)13-9-18)26(30(34)38-7-2)28(32)27(23)25(24)19-10-14-21(36-5)15-11-19/h8-15,22,25-26,31H,6-7,16H2,1-5H3/t22-,25+,26+/m0/s1. The second kappa shape index (κ2) is 11.5. The van der Waals surface area contributed by atoms with Gasteiger partial charge in [0.1, 0.15) is 17.4 Å². The number of carbonyl (C=O) groups is 3. The van der Waals surface area contributed by atoms with Crippen molar-refractivity contribution in [3.05, 3.63) is 82.2 Å². The van der Waals surface area contributed by atoms with Crippen molar-refractivity contribution in [1.82, 2.24) is 5.32 Å². The Bertz CT molecular complexity index is 1270. The van der Waals surface area contributed by atoms with Crippen molar-refractivity contribution in [1.29, 1.82) is 0 Å². The number of ketones is 1. The molecule has 8 heteroatoms. The fraction of sp³-hybridized carbons (Fsp3) is 0.367. The normalized spacial score (nSPS) is 20.9. The van der Waals surface area contributed by atoms with E-state index >= 15 is 0 Å². The molecule has 1 aliphatic heterocycles. The van der Waals surface area contributed by atoms with Crippen LogP contribution in [0.3, 0.4) is 0 Å². The van der Waals surface area contributed by atoms with Gasteiger partial charge in [0.05, 0.1) is 33.0 Å². The molecular formula is C30H33NO7. The molecule has 1 N–H and O–H groups in total. The van der Waals surface area contributed by atoms with Gasteiger partial charge >= 0.3 is 11.9 Å². The second-order valence-corrected chi connectivity index (χ2v) is 9.16. The lowest BCUT2D eigenvalue weighted by atomic mass is 9.67. The van der Waals surface area contributed by atoms with Crippen molar-refractivity contribution in [2.45, 2.75) is 39.0 Å². The van der Waals surface area contributed by atoms with Crippen LogP contribution in [0.2, 0.25) is 0 Å². The zero-order valence-electron chi connectivity index (χ0n) is 22.3. The molecule has 2 aromatic rings. The predicted octanol–water partition coefficient (Wildman–Crippen LogP) is 4.42. The molecule has 0 saturated carbocycles. The molecule has 4 rings (SSSR count). The number of nitrogens with one attached hydrogen (secondary N) is 1. The Balaban J connectivity index is 1.87. The Kier molecular flexibility index (Phi) is 8.20. The van der Waals surface area contributed by atoms with E-state index < -0.39 is 29.7 Å². The van der Waals surface area contributed by atoms with E-state index in [1.165, 1.54) is 0 Å². The maximum absolute atomic E-state index is 14.3. The summed E-state index contributed by atoms with van der Waals surface area (Å²) in [6, 6.07) is 14.6. The number of hydrogen-bond acceptors (Lipinski definition) is 8. The molecule has 2 aromatic carbocycles. The Morgan fingerprint density at radius 3 is 1.95 bits per heavy atom. The third kappa shape index (κ3) is 5.03. The first kappa shape index (κ1) is 27.0. The Morgan fingerprint density at radius 2 is 1.42 bits per heavy atom. The summed E-state index contributed by atoms with van der Waals surface area (Å²) in [4.78, 5) is 40.7. The largest absolute Gasteiger partial charge is 0.497 e. The maximum Gasteiger partial charge on any atom is 0.336 e. The van der Waals surface area contributed by atoms with Crippen molar-refractivity contribution in [2.75, 3.05) is 27.4 Å². The fourth-order valence-corrected chi connectivity index (χ4v) is 5.31. The molecule has 1 aliphatic carbocycles. The first-order chi connectivity index (χ1) is 18.3. The summed E-state index contributed by atoms with van der Waals surface area (Å²) in [6.45, 7) is 5.59. The molecular weight excluding hydrogens is 486 g/mol. The lowest BCUT2D eigenvalue weighted by molar-refractivity contribution is -0.152. The Morgan fingerprint density at radius 1 is 0.868 bits per heavy atom. The highest BCUT2D eigenvalue weighted by atomic mass is 16.5. The van der Waals surface area contributed by atoms with Gasteiger partial charge in [-0.2, -0.15) is 0 Å². The summed E-state index contributed by atoms with van der Waals surface area (Å²) in [7, 11) is 3.15. The molecule has 0 amide bonds. The van der Waals surface area contributed by atoms with Crippen molar-refractivity contribution >= 4 is 17.7 Å². The highest BCUT2D eigenvalue weighted by molar-refractivity contribution is 6.13. The number of rotatable bonds is 8. The number of benzene rings is 2. The van der Waals surface area contributed by atoms with E-state index in [0.717, 1.165) is 11.1 Å².